The van der Waals surface area contributed by atoms with Crippen LogP contribution in [0.3, 0.4) is 0 Å². The van der Waals surface area contributed by atoms with Crippen LogP contribution in [0.15, 0.2) is 146 Å². The fourth-order valence-corrected chi connectivity index (χ4v) is 12.1. The van der Waals surface area contributed by atoms with Crippen molar-refractivity contribution in [2.45, 2.75) is 6.92 Å². The zero-order chi connectivity index (χ0) is 33.8. The number of para-hydroxylation sites is 1. The highest BCUT2D eigenvalue weighted by molar-refractivity contribution is 7.26. The number of thiophene rings is 2. The lowest BCUT2D eigenvalue weighted by Gasteiger charge is -2.43. The van der Waals surface area contributed by atoms with E-state index in [1.165, 1.54) is 118 Å². The molecule has 11 aromatic rings. The van der Waals surface area contributed by atoms with Gasteiger partial charge in [-0.25, -0.2) is 0 Å². The zero-order valence-corrected chi connectivity index (χ0v) is 29.8. The van der Waals surface area contributed by atoms with Crippen molar-refractivity contribution in [3.8, 4) is 16.8 Å². The van der Waals surface area contributed by atoms with Crippen LogP contribution in [0, 0.1) is 6.92 Å². The molecule has 0 aliphatic carbocycles. The maximum Gasteiger partial charge on any atom is 0.333 e. The molecule has 240 valence electrons. The monoisotopic (exact) mass is 694 g/mol. The van der Waals surface area contributed by atoms with Crippen molar-refractivity contribution in [1.29, 1.82) is 0 Å². The van der Waals surface area contributed by atoms with Crippen LogP contribution in [-0.4, -0.2) is 11.4 Å². The van der Waals surface area contributed by atoms with E-state index in [1.807, 2.05) is 22.7 Å². The van der Waals surface area contributed by atoms with Gasteiger partial charge in [-0.05, 0) is 88.3 Å². The van der Waals surface area contributed by atoms with E-state index in [2.05, 4.69) is 162 Å². The summed E-state index contributed by atoms with van der Waals surface area (Å²) >= 11 is 3.81. The molecule has 2 aliphatic heterocycles. The third kappa shape index (κ3) is 3.32. The van der Waals surface area contributed by atoms with Gasteiger partial charge in [0.1, 0.15) is 0 Å². The fraction of sp³-hybridized carbons (Fsp3) is 0.0213. The zero-order valence-electron chi connectivity index (χ0n) is 28.1. The summed E-state index contributed by atoms with van der Waals surface area (Å²) in [5, 5.41) is 10.6. The van der Waals surface area contributed by atoms with Gasteiger partial charge in [0.2, 0.25) is 0 Å². The Hall–Kier alpha value is -5.88. The normalized spacial score (nSPS) is 13.4. The van der Waals surface area contributed by atoms with Crippen LogP contribution < -0.4 is 15.7 Å². The van der Waals surface area contributed by atoms with E-state index in [4.69, 9.17) is 0 Å². The molecule has 0 fully saturated rings. The molecule has 52 heavy (non-hydrogen) atoms. The Balaban J connectivity index is 1.27. The minimum Gasteiger partial charge on any atom is -0.376 e. The highest BCUT2D eigenvalue weighted by atomic mass is 32.1. The molecule has 0 amide bonds. The van der Waals surface area contributed by atoms with Crippen LogP contribution in [0.25, 0.3) is 89.7 Å². The van der Waals surface area contributed by atoms with Crippen LogP contribution in [0.1, 0.15) is 5.56 Å². The van der Waals surface area contributed by atoms with E-state index >= 15 is 0 Å². The van der Waals surface area contributed by atoms with Gasteiger partial charge in [-0.3, -0.25) is 0 Å². The average Bonchev–Trinajstić information content (AvgIpc) is 3.87. The van der Waals surface area contributed by atoms with Gasteiger partial charge in [0.15, 0.2) is 0 Å². The standard InChI is InChI=1S/C47H27BN2S2/c1-26-24-32-44-36(22-23-41-45(44)30-13-5-7-18-39(30)52-41)50(35-16-9-19-40-43(35)29-12-4-6-17-38(29)51-40)48-33-15-8-14-31-42-28-11-3-2-10-27(28)20-21-34(42)49(47(31)33)37(25-26)46(32)48/h2-25H,1H3. The molecule has 0 unspecified atom stereocenters. The lowest BCUT2D eigenvalue weighted by molar-refractivity contribution is 1.17. The van der Waals surface area contributed by atoms with Gasteiger partial charge in [-0.2, -0.15) is 0 Å². The van der Waals surface area contributed by atoms with Crippen molar-refractivity contribution in [2.24, 2.45) is 0 Å². The Bertz CT molecular complexity index is 3400. The van der Waals surface area contributed by atoms with Gasteiger partial charge >= 0.3 is 6.85 Å². The quantitative estimate of drug-likeness (QED) is 0.155. The Morgan fingerprint density at radius 3 is 2.04 bits per heavy atom. The first-order chi connectivity index (χ1) is 25.7. The topological polar surface area (TPSA) is 8.17 Å². The first kappa shape index (κ1) is 27.8. The molecular formula is C47H27BN2S2. The molecule has 0 saturated heterocycles. The molecule has 0 spiro atoms. The Morgan fingerprint density at radius 2 is 1.19 bits per heavy atom. The summed E-state index contributed by atoms with van der Waals surface area (Å²) in [5.41, 5.74) is 13.2. The van der Waals surface area contributed by atoms with Gasteiger partial charge in [0.25, 0.3) is 0 Å². The molecular weight excluding hydrogens is 667 g/mol. The van der Waals surface area contributed by atoms with Crippen molar-refractivity contribution >= 4 is 125 Å². The second-order valence-corrected chi connectivity index (χ2v) is 16.6. The molecule has 2 aliphatic rings. The molecule has 13 rings (SSSR count). The molecule has 0 saturated carbocycles. The van der Waals surface area contributed by atoms with Crippen molar-refractivity contribution in [2.75, 3.05) is 4.81 Å². The number of anilines is 2. The molecule has 0 N–H and O–H groups in total. The number of benzene rings is 8. The summed E-state index contributed by atoms with van der Waals surface area (Å²) in [7, 11) is 0. The number of hydrogen-bond donors (Lipinski definition) is 0. The maximum atomic E-state index is 2.72. The third-order valence-corrected chi connectivity index (χ3v) is 14.0. The molecule has 5 heteroatoms. The van der Waals surface area contributed by atoms with Gasteiger partial charge in [-0.1, -0.05) is 97.1 Å². The average molecular weight is 695 g/mol. The molecule has 0 radical (unpaired) electrons. The van der Waals surface area contributed by atoms with E-state index in [-0.39, 0.29) is 6.85 Å². The molecule has 0 bridgehead atoms. The van der Waals surface area contributed by atoms with Crippen LogP contribution in [0.5, 0.6) is 0 Å². The third-order valence-electron chi connectivity index (χ3n) is 11.8. The predicted octanol–water partition coefficient (Wildman–Crippen LogP) is 12.2. The van der Waals surface area contributed by atoms with Crippen molar-refractivity contribution in [3.63, 3.8) is 0 Å². The number of aromatic nitrogens is 1. The van der Waals surface area contributed by atoms with Crippen LogP contribution in [-0.2, 0) is 0 Å². The van der Waals surface area contributed by atoms with Crippen LogP contribution >= 0.6 is 22.7 Å². The first-order valence-electron chi connectivity index (χ1n) is 18.0. The number of aryl methyl sites for hydroxylation is 1. The molecule has 5 heterocycles. The second-order valence-electron chi connectivity index (χ2n) is 14.5. The summed E-state index contributed by atoms with van der Waals surface area (Å²) in [6.07, 6.45) is 0. The van der Waals surface area contributed by atoms with Crippen LogP contribution in [0.2, 0.25) is 0 Å². The van der Waals surface area contributed by atoms with Crippen molar-refractivity contribution < 1.29 is 0 Å². The van der Waals surface area contributed by atoms with Gasteiger partial charge in [0, 0.05) is 73.7 Å². The maximum absolute atomic E-state index is 2.72. The summed E-state index contributed by atoms with van der Waals surface area (Å²) < 4.78 is 7.93. The van der Waals surface area contributed by atoms with E-state index in [1.54, 1.807) is 0 Å². The Labute approximate surface area is 307 Å². The SMILES string of the molecule is Cc1cc2c3c(c1)-n1c4ccc5ccccc5c4c4cccc(c41)B3N(c1cccc3sc4ccccc4c13)c1ccc3sc4ccccc4c3c1-2. The number of rotatable bonds is 1. The number of fused-ring (bicyclic) bond motifs is 16. The van der Waals surface area contributed by atoms with Gasteiger partial charge in [-0.15, -0.1) is 22.7 Å². The van der Waals surface area contributed by atoms with E-state index in [0.717, 1.165) is 0 Å². The predicted molar refractivity (Wildman–Crippen MR) is 228 cm³/mol. The van der Waals surface area contributed by atoms with Gasteiger partial charge in [0.05, 0.1) is 11.0 Å². The second kappa shape index (κ2) is 9.71. The minimum absolute atomic E-state index is 0.0171. The summed E-state index contributed by atoms with van der Waals surface area (Å²) in [6, 6.07) is 55.2. The largest absolute Gasteiger partial charge is 0.376 e. The smallest absolute Gasteiger partial charge is 0.333 e. The van der Waals surface area contributed by atoms with Crippen LogP contribution in [0.4, 0.5) is 11.4 Å². The van der Waals surface area contributed by atoms with E-state index in [0.29, 0.717) is 0 Å². The first-order valence-corrected chi connectivity index (χ1v) is 19.6. The highest BCUT2D eigenvalue weighted by Gasteiger charge is 2.45. The summed E-state index contributed by atoms with van der Waals surface area (Å²) in [6.45, 7) is 2.26. The van der Waals surface area contributed by atoms with Gasteiger partial charge < -0.3 is 9.38 Å². The Kier molecular flexibility index (Phi) is 5.19. The minimum atomic E-state index is -0.0171. The lowest BCUT2D eigenvalue weighted by Crippen LogP contribution is -2.60. The Morgan fingerprint density at radius 1 is 0.500 bits per heavy atom. The van der Waals surface area contributed by atoms with Crippen molar-refractivity contribution in [1.82, 2.24) is 4.57 Å². The number of hydrogen-bond acceptors (Lipinski definition) is 3. The van der Waals surface area contributed by atoms with E-state index < -0.39 is 0 Å². The molecule has 8 aromatic carbocycles. The van der Waals surface area contributed by atoms with Crippen molar-refractivity contribution in [3.05, 3.63) is 151 Å². The fourth-order valence-electron chi connectivity index (χ4n) is 9.86. The molecule has 3 aromatic heterocycles. The number of nitrogens with zero attached hydrogens (tertiary/aromatic N) is 2. The molecule has 2 nitrogen and oxygen atoms in total. The summed E-state index contributed by atoms with van der Waals surface area (Å²) in [4.78, 5) is 2.72. The van der Waals surface area contributed by atoms with E-state index in [9.17, 15) is 0 Å². The lowest BCUT2D eigenvalue weighted by atomic mass is 9.43. The summed E-state index contributed by atoms with van der Waals surface area (Å²) in [5.74, 6) is 0. The highest BCUT2D eigenvalue weighted by Crippen LogP contribution is 2.52. The molecule has 0 atom stereocenters.